The standard InChI is InChI=1S/C26H25N3OS/c30-26(18-23-12-7-17-31-23)28-15-13-22(14-16-28)29-25(21-10-5-2-6-11-21)19-24(27-29)20-8-3-1-4-9-20/h1-12,17,19,22H,13-16,18H2. The lowest BCUT2D eigenvalue weighted by Crippen LogP contribution is -2.40. The highest BCUT2D eigenvalue weighted by Gasteiger charge is 2.26. The van der Waals surface area contributed by atoms with Crippen LogP contribution in [-0.4, -0.2) is 33.7 Å². The maximum Gasteiger partial charge on any atom is 0.227 e. The van der Waals surface area contributed by atoms with Crippen LogP contribution < -0.4 is 0 Å². The molecular formula is C26H25N3OS. The van der Waals surface area contributed by atoms with Gasteiger partial charge in [0.05, 0.1) is 23.9 Å². The van der Waals surface area contributed by atoms with Gasteiger partial charge in [0.2, 0.25) is 5.91 Å². The van der Waals surface area contributed by atoms with Crippen LogP contribution in [0.2, 0.25) is 0 Å². The first-order chi connectivity index (χ1) is 15.3. The van der Waals surface area contributed by atoms with Gasteiger partial charge in [-0.2, -0.15) is 5.10 Å². The summed E-state index contributed by atoms with van der Waals surface area (Å²) in [5, 5.41) is 7.06. The van der Waals surface area contributed by atoms with E-state index in [1.807, 2.05) is 46.7 Å². The second kappa shape index (κ2) is 8.90. The van der Waals surface area contributed by atoms with E-state index in [1.54, 1.807) is 11.3 Å². The second-order valence-electron chi connectivity index (χ2n) is 7.96. The highest BCUT2D eigenvalue weighted by Crippen LogP contribution is 2.32. The minimum atomic E-state index is 0.231. The van der Waals surface area contributed by atoms with Crippen molar-refractivity contribution in [2.45, 2.75) is 25.3 Å². The quantitative estimate of drug-likeness (QED) is 0.411. The Bertz CT molecular complexity index is 1130. The summed E-state index contributed by atoms with van der Waals surface area (Å²) < 4.78 is 2.19. The number of hydrogen-bond acceptors (Lipinski definition) is 3. The molecule has 2 aromatic carbocycles. The molecule has 2 aromatic heterocycles. The molecule has 1 aliphatic rings. The number of hydrogen-bond donors (Lipinski definition) is 0. The summed E-state index contributed by atoms with van der Waals surface area (Å²) in [7, 11) is 0. The first-order valence-corrected chi connectivity index (χ1v) is 11.7. The lowest BCUT2D eigenvalue weighted by atomic mass is 10.0. The van der Waals surface area contributed by atoms with E-state index in [0.29, 0.717) is 12.5 Å². The zero-order valence-electron chi connectivity index (χ0n) is 17.4. The average molecular weight is 428 g/mol. The normalized spacial score (nSPS) is 14.6. The number of benzene rings is 2. The molecule has 1 fully saturated rings. The smallest absolute Gasteiger partial charge is 0.227 e. The molecule has 0 atom stereocenters. The van der Waals surface area contributed by atoms with E-state index in [9.17, 15) is 4.79 Å². The SMILES string of the molecule is O=C(Cc1cccs1)N1CCC(n2nc(-c3ccccc3)cc2-c2ccccc2)CC1. The molecule has 0 aliphatic carbocycles. The van der Waals surface area contributed by atoms with E-state index in [0.717, 1.165) is 47.8 Å². The van der Waals surface area contributed by atoms with Crippen LogP contribution in [0.3, 0.4) is 0 Å². The monoisotopic (exact) mass is 427 g/mol. The van der Waals surface area contributed by atoms with Crippen LogP contribution in [-0.2, 0) is 11.2 Å². The van der Waals surface area contributed by atoms with Gasteiger partial charge in [-0.15, -0.1) is 11.3 Å². The molecule has 0 unspecified atom stereocenters. The zero-order chi connectivity index (χ0) is 21.0. The topological polar surface area (TPSA) is 38.1 Å². The first-order valence-electron chi connectivity index (χ1n) is 10.8. The third kappa shape index (κ3) is 4.32. The van der Waals surface area contributed by atoms with Crippen molar-refractivity contribution in [2.24, 2.45) is 0 Å². The van der Waals surface area contributed by atoms with Gasteiger partial charge in [0.15, 0.2) is 0 Å². The van der Waals surface area contributed by atoms with E-state index < -0.39 is 0 Å². The van der Waals surface area contributed by atoms with Crippen molar-refractivity contribution >= 4 is 17.2 Å². The molecule has 0 spiro atoms. The lowest BCUT2D eigenvalue weighted by molar-refractivity contribution is -0.131. The number of thiophene rings is 1. The molecule has 0 N–H and O–H groups in total. The predicted octanol–water partition coefficient (Wildman–Crippen LogP) is 5.68. The fourth-order valence-electron chi connectivity index (χ4n) is 4.28. The summed E-state index contributed by atoms with van der Waals surface area (Å²) in [5.74, 6) is 0.231. The Kier molecular flexibility index (Phi) is 5.67. The first kappa shape index (κ1) is 19.8. The van der Waals surface area contributed by atoms with Crippen LogP contribution in [0.15, 0.2) is 84.2 Å². The fourth-order valence-corrected chi connectivity index (χ4v) is 4.98. The van der Waals surface area contributed by atoms with Crippen LogP contribution in [0.1, 0.15) is 23.8 Å². The Morgan fingerprint density at radius 2 is 1.58 bits per heavy atom. The van der Waals surface area contributed by atoms with Crippen LogP contribution in [0.5, 0.6) is 0 Å². The largest absolute Gasteiger partial charge is 0.342 e. The molecule has 5 heteroatoms. The average Bonchev–Trinajstić information content (AvgIpc) is 3.51. The molecule has 4 aromatic rings. The summed E-state index contributed by atoms with van der Waals surface area (Å²) in [5.41, 5.74) is 4.44. The summed E-state index contributed by atoms with van der Waals surface area (Å²) in [6.07, 6.45) is 2.36. The van der Waals surface area contributed by atoms with Gasteiger partial charge in [-0.3, -0.25) is 9.48 Å². The number of rotatable bonds is 5. The van der Waals surface area contributed by atoms with Crippen LogP contribution in [0.4, 0.5) is 0 Å². The van der Waals surface area contributed by atoms with Crippen molar-refractivity contribution in [1.29, 1.82) is 0 Å². The Labute approximate surface area is 186 Å². The Balaban J connectivity index is 1.37. The minimum Gasteiger partial charge on any atom is -0.342 e. The maximum atomic E-state index is 12.7. The Morgan fingerprint density at radius 3 is 2.23 bits per heavy atom. The summed E-state index contributed by atoms with van der Waals surface area (Å²) >= 11 is 1.65. The van der Waals surface area contributed by atoms with Crippen molar-refractivity contribution in [3.63, 3.8) is 0 Å². The zero-order valence-corrected chi connectivity index (χ0v) is 18.2. The molecule has 0 saturated carbocycles. The minimum absolute atomic E-state index is 0.231. The van der Waals surface area contributed by atoms with Gasteiger partial charge in [-0.05, 0) is 35.9 Å². The maximum absolute atomic E-state index is 12.7. The molecule has 0 radical (unpaired) electrons. The number of aromatic nitrogens is 2. The number of piperidine rings is 1. The van der Waals surface area contributed by atoms with Crippen molar-refractivity contribution in [3.05, 3.63) is 89.1 Å². The highest BCUT2D eigenvalue weighted by molar-refractivity contribution is 7.10. The highest BCUT2D eigenvalue weighted by atomic mass is 32.1. The molecule has 31 heavy (non-hydrogen) atoms. The third-order valence-electron chi connectivity index (χ3n) is 5.94. The number of amides is 1. The van der Waals surface area contributed by atoms with Crippen LogP contribution in [0, 0.1) is 0 Å². The van der Waals surface area contributed by atoms with Gasteiger partial charge in [-0.1, -0.05) is 66.7 Å². The van der Waals surface area contributed by atoms with E-state index >= 15 is 0 Å². The van der Waals surface area contributed by atoms with E-state index in [-0.39, 0.29) is 5.91 Å². The number of likely N-dealkylation sites (tertiary alicyclic amines) is 1. The molecule has 3 heterocycles. The summed E-state index contributed by atoms with van der Waals surface area (Å²) in [6.45, 7) is 1.56. The van der Waals surface area contributed by atoms with E-state index in [2.05, 4.69) is 47.1 Å². The van der Waals surface area contributed by atoms with Crippen LogP contribution >= 0.6 is 11.3 Å². The fraction of sp³-hybridized carbons (Fsp3) is 0.231. The molecule has 5 rings (SSSR count). The number of nitrogens with zero attached hydrogens (tertiary/aromatic N) is 3. The summed E-state index contributed by atoms with van der Waals surface area (Å²) in [4.78, 5) is 15.8. The second-order valence-corrected chi connectivity index (χ2v) is 8.99. The third-order valence-corrected chi connectivity index (χ3v) is 6.82. The van der Waals surface area contributed by atoms with Crippen molar-refractivity contribution in [1.82, 2.24) is 14.7 Å². The molecule has 156 valence electrons. The molecule has 1 amide bonds. The molecule has 1 saturated heterocycles. The van der Waals surface area contributed by atoms with Crippen LogP contribution in [0.25, 0.3) is 22.5 Å². The van der Waals surface area contributed by atoms with Gasteiger partial charge >= 0.3 is 0 Å². The number of carbonyl (C=O) groups is 1. The number of carbonyl (C=O) groups excluding carboxylic acids is 1. The molecule has 0 bridgehead atoms. The van der Waals surface area contributed by atoms with Crippen molar-refractivity contribution in [2.75, 3.05) is 13.1 Å². The van der Waals surface area contributed by atoms with Gasteiger partial charge in [0.25, 0.3) is 0 Å². The van der Waals surface area contributed by atoms with E-state index in [4.69, 9.17) is 5.10 Å². The van der Waals surface area contributed by atoms with Gasteiger partial charge < -0.3 is 4.90 Å². The van der Waals surface area contributed by atoms with Gasteiger partial charge in [0, 0.05) is 23.5 Å². The molecule has 4 nitrogen and oxygen atoms in total. The van der Waals surface area contributed by atoms with Crippen molar-refractivity contribution < 1.29 is 4.79 Å². The molecular weight excluding hydrogens is 402 g/mol. The molecule has 1 aliphatic heterocycles. The van der Waals surface area contributed by atoms with Crippen molar-refractivity contribution in [3.8, 4) is 22.5 Å². The predicted molar refractivity (Wildman–Crippen MR) is 126 cm³/mol. The summed E-state index contributed by atoms with van der Waals surface area (Å²) in [6, 6.07) is 27.3. The Hall–Kier alpha value is -3.18. The Morgan fingerprint density at radius 1 is 0.903 bits per heavy atom. The van der Waals surface area contributed by atoms with Gasteiger partial charge in [-0.25, -0.2) is 0 Å². The van der Waals surface area contributed by atoms with E-state index in [1.165, 1.54) is 5.56 Å². The lowest BCUT2D eigenvalue weighted by Gasteiger charge is -2.33. The van der Waals surface area contributed by atoms with Gasteiger partial charge in [0.1, 0.15) is 0 Å².